The summed E-state index contributed by atoms with van der Waals surface area (Å²) in [4.78, 5) is 35.9. The van der Waals surface area contributed by atoms with Gasteiger partial charge in [0.15, 0.2) is 12.4 Å². The summed E-state index contributed by atoms with van der Waals surface area (Å²) in [5.41, 5.74) is 0.563. The lowest BCUT2D eigenvalue weighted by atomic mass is 10.1. The standard InChI is InChI=1S/C16H21NO5S/c1-21-10-9-17-15(19)11-22-16(20)8-7-14(18)12-3-5-13(23-2)6-4-12/h3-6H,7-11H2,1-2H3,(H,17,19). The number of nitrogens with one attached hydrogen (secondary N) is 1. The fourth-order valence-corrected chi connectivity index (χ4v) is 2.11. The largest absolute Gasteiger partial charge is 0.456 e. The second kappa shape index (κ2) is 10.8. The second-order valence-corrected chi connectivity index (χ2v) is 5.53. The predicted octanol–water partition coefficient (Wildman–Crippen LogP) is 1.68. The first-order valence-electron chi connectivity index (χ1n) is 7.15. The van der Waals surface area contributed by atoms with Gasteiger partial charge in [-0.2, -0.15) is 0 Å². The molecule has 0 spiro atoms. The minimum Gasteiger partial charge on any atom is -0.456 e. The van der Waals surface area contributed by atoms with Crippen molar-refractivity contribution in [1.29, 1.82) is 0 Å². The Kier molecular flexibility index (Phi) is 9.01. The van der Waals surface area contributed by atoms with E-state index in [0.29, 0.717) is 18.7 Å². The Morgan fingerprint density at radius 2 is 1.83 bits per heavy atom. The molecule has 0 aliphatic heterocycles. The molecule has 0 fully saturated rings. The van der Waals surface area contributed by atoms with Crippen LogP contribution in [0.4, 0.5) is 0 Å². The molecule has 23 heavy (non-hydrogen) atoms. The van der Waals surface area contributed by atoms with E-state index in [1.54, 1.807) is 23.9 Å². The van der Waals surface area contributed by atoms with Crippen molar-refractivity contribution in [3.05, 3.63) is 29.8 Å². The maximum atomic E-state index is 12.0. The average Bonchev–Trinajstić information content (AvgIpc) is 2.58. The number of carbonyl (C=O) groups is 3. The van der Waals surface area contributed by atoms with Gasteiger partial charge in [-0.25, -0.2) is 0 Å². The van der Waals surface area contributed by atoms with Crippen LogP contribution in [-0.2, 0) is 19.1 Å². The monoisotopic (exact) mass is 339 g/mol. The second-order valence-electron chi connectivity index (χ2n) is 4.66. The van der Waals surface area contributed by atoms with Crippen molar-refractivity contribution in [2.75, 3.05) is 33.1 Å². The normalized spacial score (nSPS) is 10.2. The quantitative estimate of drug-likeness (QED) is 0.302. The van der Waals surface area contributed by atoms with Gasteiger partial charge in [-0.1, -0.05) is 12.1 Å². The summed E-state index contributed by atoms with van der Waals surface area (Å²) < 4.78 is 9.59. The molecule has 1 N–H and O–H groups in total. The van der Waals surface area contributed by atoms with Crippen LogP contribution in [0.2, 0.25) is 0 Å². The fraction of sp³-hybridized carbons (Fsp3) is 0.438. The van der Waals surface area contributed by atoms with Gasteiger partial charge in [-0.3, -0.25) is 14.4 Å². The number of thioether (sulfide) groups is 1. The van der Waals surface area contributed by atoms with Crippen LogP contribution in [0.3, 0.4) is 0 Å². The van der Waals surface area contributed by atoms with Crippen molar-refractivity contribution in [2.24, 2.45) is 0 Å². The summed E-state index contributed by atoms with van der Waals surface area (Å²) >= 11 is 1.59. The SMILES string of the molecule is COCCNC(=O)COC(=O)CCC(=O)c1ccc(SC)cc1. The van der Waals surface area contributed by atoms with Crippen LogP contribution in [0.1, 0.15) is 23.2 Å². The maximum absolute atomic E-state index is 12.0. The maximum Gasteiger partial charge on any atom is 0.306 e. The molecule has 0 atom stereocenters. The Hall–Kier alpha value is -1.86. The van der Waals surface area contributed by atoms with Crippen LogP contribution in [0.5, 0.6) is 0 Å². The highest BCUT2D eigenvalue weighted by Gasteiger charge is 2.11. The lowest BCUT2D eigenvalue weighted by molar-refractivity contribution is -0.148. The number of ketones is 1. The zero-order valence-corrected chi connectivity index (χ0v) is 14.1. The number of ether oxygens (including phenoxy) is 2. The lowest BCUT2D eigenvalue weighted by Gasteiger charge is -2.06. The third kappa shape index (κ3) is 7.80. The highest BCUT2D eigenvalue weighted by atomic mass is 32.2. The molecule has 1 amide bonds. The zero-order valence-electron chi connectivity index (χ0n) is 13.3. The molecule has 0 aliphatic carbocycles. The summed E-state index contributed by atoms with van der Waals surface area (Å²) in [5, 5.41) is 2.53. The molecule has 1 rings (SSSR count). The molecule has 0 heterocycles. The van der Waals surface area contributed by atoms with E-state index in [2.05, 4.69) is 5.32 Å². The molecule has 0 aromatic heterocycles. The fourth-order valence-electron chi connectivity index (χ4n) is 1.70. The smallest absolute Gasteiger partial charge is 0.306 e. The summed E-state index contributed by atoms with van der Waals surface area (Å²) in [6.45, 7) is 0.403. The number of Topliss-reactive ketones (excluding diaryl/α,β-unsaturated/α-hetero) is 1. The average molecular weight is 339 g/mol. The van der Waals surface area contributed by atoms with E-state index < -0.39 is 11.9 Å². The molecular weight excluding hydrogens is 318 g/mol. The van der Waals surface area contributed by atoms with Crippen molar-refractivity contribution < 1.29 is 23.9 Å². The van der Waals surface area contributed by atoms with Crippen LogP contribution in [0, 0.1) is 0 Å². The number of benzene rings is 1. The van der Waals surface area contributed by atoms with Gasteiger partial charge in [0.05, 0.1) is 13.0 Å². The number of hydrogen-bond donors (Lipinski definition) is 1. The molecule has 6 nitrogen and oxygen atoms in total. The molecule has 0 aliphatic rings. The van der Waals surface area contributed by atoms with E-state index in [0.717, 1.165) is 4.90 Å². The Labute approximate surface area is 139 Å². The number of methoxy groups -OCH3 is 1. The van der Waals surface area contributed by atoms with Gasteiger partial charge in [0.25, 0.3) is 5.91 Å². The van der Waals surface area contributed by atoms with Gasteiger partial charge in [0.2, 0.25) is 0 Å². The first-order valence-corrected chi connectivity index (χ1v) is 8.37. The van der Waals surface area contributed by atoms with E-state index in [9.17, 15) is 14.4 Å². The third-order valence-corrected chi connectivity index (χ3v) is 3.70. The molecule has 0 radical (unpaired) electrons. The highest BCUT2D eigenvalue weighted by Crippen LogP contribution is 2.16. The van der Waals surface area contributed by atoms with Crippen LogP contribution in [-0.4, -0.2) is 50.8 Å². The van der Waals surface area contributed by atoms with E-state index in [1.165, 1.54) is 7.11 Å². The third-order valence-electron chi connectivity index (χ3n) is 2.96. The van der Waals surface area contributed by atoms with Crippen molar-refractivity contribution in [2.45, 2.75) is 17.7 Å². The minimum atomic E-state index is -0.569. The van der Waals surface area contributed by atoms with E-state index in [-0.39, 0.29) is 25.2 Å². The van der Waals surface area contributed by atoms with Gasteiger partial charge < -0.3 is 14.8 Å². The molecule has 0 bridgehead atoms. The molecule has 0 saturated heterocycles. The van der Waals surface area contributed by atoms with Crippen LogP contribution in [0.15, 0.2) is 29.2 Å². The van der Waals surface area contributed by atoms with Gasteiger partial charge in [0, 0.05) is 30.5 Å². The summed E-state index contributed by atoms with van der Waals surface area (Å²) in [6.07, 6.45) is 1.97. The van der Waals surface area contributed by atoms with Crippen molar-refractivity contribution >= 4 is 29.4 Å². The number of rotatable bonds is 10. The van der Waals surface area contributed by atoms with Gasteiger partial charge in [0.1, 0.15) is 0 Å². The summed E-state index contributed by atoms with van der Waals surface area (Å²) in [7, 11) is 1.53. The van der Waals surface area contributed by atoms with Crippen LogP contribution < -0.4 is 5.32 Å². The number of esters is 1. The topological polar surface area (TPSA) is 81.7 Å². The molecule has 0 saturated carbocycles. The number of carbonyl (C=O) groups excluding carboxylic acids is 3. The molecule has 1 aromatic carbocycles. The zero-order chi connectivity index (χ0) is 17.1. The molecule has 0 unspecified atom stereocenters. The number of hydrogen-bond acceptors (Lipinski definition) is 6. The molecular formula is C16H21NO5S. The first kappa shape index (κ1) is 19.2. The van der Waals surface area contributed by atoms with Gasteiger partial charge >= 0.3 is 5.97 Å². The predicted molar refractivity (Wildman–Crippen MR) is 87.6 cm³/mol. The van der Waals surface area contributed by atoms with Gasteiger partial charge in [-0.05, 0) is 18.4 Å². The first-order chi connectivity index (χ1) is 11.1. The molecule has 126 valence electrons. The summed E-state index contributed by atoms with van der Waals surface area (Å²) in [5.74, 6) is -1.09. The highest BCUT2D eigenvalue weighted by molar-refractivity contribution is 7.98. The Balaban J connectivity index is 2.26. The lowest BCUT2D eigenvalue weighted by Crippen LogP contribution is -2.31. The van der Waals surface area contributed by atoms with Crippen molar-refractivity contribution in [3.8, 4) is 0 Å². The Morgan fingerprint density at radius 3 is 2.43 bits per heavy atom. The Bertz CT molecular complexity index is 530. The van der Waals surface area contributed by atoms with Gasteiger partial charge in [-0.15, -0.1) is 11.8 Å². The van der Waals surface area contributed by atoms with Crippen LogP contribution >= 0.6 is 11.8 Å². The summed E-state index contributed by atoms with van der Waals surface area (Å²) in [6, 6.07) is 7.20. The molecule has 7 heteroatoms. The van der Waals surface area contributed by atoms with Crippen LogP contribution in [0.25, 0.3) is 0 Å². The Morgan fingerprint density at radius 1 is 1.13 bits per heavy atom. The van der Waals surface area contributed by atoms with E-state index in [1.807, 2.05) is 18.4 Å². The number of amides is 1. The van der Waals surface area contributed by atoms with Crippen molar-refractivity contribution in [1.82, 2.24) is 5.32 Å². The van der Waals surface area contributed by atoms with E-state index >= 15 is 0 Å². The van der Waals surface area contributed by atoms with E-state index in [4.69, 9.17) is 9.47 Å². The molecule has 1 aromatic rings. The minimum absolute atomic E-state index is 0.0472. The van der Waals surface area contributed by atoms with Crippen molar-refractivity contribution in [3.63, 3.8) is 0 Å².